The molecule has 0 aliphatic carbocycles. The quantitative estimate of drug-likeness (QED) is 0.446. The van der Waals surface area contributed by atoms with Crippen LogP contribution in [0.2, 0.25) is 0 Å². The molecule has 1 N–H and O–H groups in total. The predicted octanol–water partition coefficient (Wildman–Crippen LogP) is 3.69. The van der Waals surface area contributed by atoms with Crippen molar-refractivity contribution in [2.24, 2.45) is 0 Å². The van der Waals surface area contributed by atoms with Crippen molar-refractivity contribution in [3.8, 4) is 11.5 Å². The molecule has 0 unspecified atom stereocenters. The Kier molecular flexibility index (Phi) is 6.35. The fraction of sp³-hybridized carbons (Fsp3) is 0.348. The molecule has 0 saturated carbocycles. The van der Waals surface area contributed by atoms with Gasteiger partial charge >= 0.3 is 6.03 Å². The number of nitro benzene ring substituents is 1. The van der Waals surface area contributed by atoms with Crippen molar-refractivity contribution < 1.29 is 19.2 Å². The van der Waals surface area contributed by atoms with E-state index in [4.69, 9.17) is 9.47 Å². The number of aromatic nitrogens is 2. The fourth-order valence-corrected chi connectivity index (χ4v) is 4.16. The van der Waals surface area contributed by atoms with Gasteiger partial charge in [0, 0.05) is 54.4 Å². The Hall–Kier alpha value is -4.15. The van der Waals surface area contributed by atoms with Crippen LogP contribution in [0.5, 0.6) is 11.5 Å². The van der Waals surface area contributed by atoms with E-state index in [-0.39, 0.29) is 23.8 Å². The van der Waals surface area contributed by atoms with Gasteiger partial charge in [0.25, 0.3) is 5.69 Å². The number of amides is 2. The lowest BCUT2D eigenvalue weighted by Gasteiger charge is -2.44. The van der Waals surface area contributed by atoms with Gasteiger partial charge < -0.3 is 24.6 Å². The van der Waals surface area contributed by atoms with E-state index in [0.29, 0.717) is 30.3 Å². The molecule has 0 bridgehead atoms. The number of hydrogen-bond donors (Lipinski definition) is 1. The van der Waals surface area contributed by atoms with Crippen LogP contribution in [0.4, 0.5) is 22.0 Å². The van der Waals surface area contributed by atoms with E-state index >= 15 is 0 Å². The van der Waals surface area contributed by atoms with Crippen LogP contribution < -0.4 is 19.7 Å². The summed E-state index contributed by atoms with van der Waals surface area (Å²) in [5, 5.41) is 14.5. The monoisotopic (exact) mass is 466 g/mol. The average molecular weight is 466 g/mol. The zero-order valence-electron chi connectivity index (χ0n) is 19.4. The van der Waals surface area contributed by atoms with Gasteiger partial charge in [-0.2, -0.15) is 0 Å². The number of urea groups is 1. The zero-order valence-corrected chi connectivity index (χ0v) is 19.4. The standard InChI is InChI=1S/C23H26N6O5/c1-14-12-28(23(30)26-16-5-7-17(8-6-16)29(31)32)15(2)11-27(14)22-18-9-20(33-3)21(34-4)10-19(18)24-13-25-22/h5-10,13-15H,11-12H2,1-4H3,(H,26,30)/t14-,15+/m0/s1. The van der Waals surface area contributed by atoms with Crippen LogP contribution in [0.1, 0.15) is 13.8 Å². The van der Waals surface area contributed by atoms with Gasteiger partial charge in [0.05, 0.1) is 24.7 Å². The largest absolute Gasteiger partial charge is 0.493 e. The summed E-state index contributed by atoms with van der Waals surface area (Å²) in [5.74, 6) is 1.95. The Labute approximate surface area is 196 Å². The van der Waals surface area contributed by atoms with E-state index in [2.05, 4.69) is 20.2 Å². The van der Waals surface area contributed by atoms with Crippen LogP contribution in [0.15, 0.2) is 42.7 Å². The summed E-state index contributed by atoms with van der Waals surface area (Å²) < 4.78 is 10.9. The van der Waals surface area contributed by atoms with Gasteiger partial charge in [0.2, 0.25) is 0 Å². The number of carbonyl (C=O) groups excluding carboxylic acids is 1. The molecule has 2 aromatic carbocycles. The molecular formula is C23H26N6O5. The van der Waals surface area contributed by atoms with Crippen molar-refractivity contribution in [2.75, 3.05) is 37.5 Å². The summed E-state index contributed by atoms with van der Waals surface area (Å²) in [6, 6.07) is 9.07. The van der Waals surface area contributed by atoms with Crippen molar-refractivity contribution in [1.82, 2.24) is 14.9 Å². The minimum Gasteiger partial charge on any atom is -0.493 e. The molecular weight excluding hydrogens is 440 g/mol. The highest BCUT2D eigenvalue weighted by atomic mass is 16.6. The topological polar surface area (TPSA) is 123 Å². The molecule has 2 atom stereocenters. The summed E-state index contributed by atoms with van der Waals surface area (Å²) in [5.41, 5.74) is 1.21. The number of benzene rings is 2. The molecule has 2 amide bonds. The lowest BCUT2D eigenvalue weighted by molar-refractivity contribution is -0.384. The van der Waals surface area contributed by atoms with E-state index in [0.717, 1.165) is 16.7 Å². The SMILES string of the molecule is COc1cc2ncnc(N3C[C@@H](C)N(C(=O)Nc4ccc([N+](=O)[O-])cc4)C[C@@H]3C)c2cc1OC. The lowest BCUT2D eigenvalue weighted by Crippen LogP contribution is -2.59. The molecule has 178 valence electrons. The summed E-state index contributed by atoms with van der Waals surface area (Å²) >= 11 is 0. The highest BCUT2D eigenvalue weighted by Gasteiger charge is 2.33. The minimum absolute atomic E-state index is 0.0231. The Balaban J connectivity index is 1.54. The number of nitrogens with zero attached hydrogens (tertiary/aromatic N) is 5. The highest BCUT2D eigenvalue weighted by Crippen LogP contribution is 2.36. The Morgan fingerprint density at radius 1 is 1.06 bits per heavy atom. The summed E-state index contributed by atoms with van der Waals surface area (Å²) in [6.07, 6.45) is 1.52. The van der Waals surface area contributed by atoms with Gasteiger partial charge in [-0.1, -0.05) is 0 Å². The Morgan fingerprint density at radius 2 is 1.74 bits per heavy atom. The number of hydrogen-bond acceptors (Lipinski definition) is 8. The van der Waals surface area contributed by atoms with Crippen LogP contribution in [0.3, 0.4) is 0 Å². The number of anilines is 2. The summed E-state index contributed by atoms with van der Waals surface area (Å²) in [7, 11) is 3.16. The predicted molar refractivity (Wildman–Crippen MR) is 128 cm³/mol. The van der Waals surface area contributed by atoms with E-state index in [1.54, 1.807) is 19.1 Å². The molecule has 1 fully saturated rings. The van der Waals surface area contributed by atoms with Gasteiger partial charge in [-0.15, -0.1) is 0 Å². The summed E-state index contributed by atoms with van der Waals surface area (Å²) in [6.45, 7) is 5.04. The van der Waals surface area contributed by atoms with Crippen LogP contribution >= 0.6 is 0 Å². The maximum atomic E-state index is 13.0. The number of nitro groups is 1. The molecule has 4 rings (SSSR count). The van der Waals surface area contributed by atoms with Gasteiger partial charge in [-0.05, 0) is 32.0 Å². The second kappa shape index (κ2) is 9.38. The van der Waals surface area contributed by atoms with E-state index in [9.17, 15) is 14.9 Å². The lowest BCUT2D eigenvalue weighted by atomic mass is 10.1. The number of methoxy groups -OCH3 is 2. The van der Waals surface area contributed by atoms with Crippen molar-refractivity contribution in [1.29, 1.82) is 0 Å². The first kappa shape index (κ1) is 23.0. The number of fused-ring (bicyclic) bond motifs is 1. The van der Waals surface area contributed by atoms with E-state index in [1.807, 2.05) is 26.0 Å². The third-order valence-corrected chi connectivity index (χ3v) is 5.97. The van der Waals surface area contributed by atoms with Crippen molar-refractivity contribution in [3.63, 3.8) is 0 Å². The number of nitrogens with one attached hydrogen (secondary N) is 1. The molecule has 34 heavy (non-hydrogen) atoms. The van der Waals surface area contributed by atoms with Crippen molar-refractivity contribution in [2.45, 2.75) is 25.9 Å². The van der Waals surface area contributed by atoms with E-state index < -0.39 is 4.92 Å². The maximum absolute atomic E-state index is 13.0. The van der Waals surface area contributed by atoms with Gasteiger partial charge in [-0.25, -0.2) is 14.8 Å². The Morgan fingerprint density at radius 3 is 2.38 bits per heavy atom. The first-order chi connectivity index (χ1) is 16.3. The van der Waals surface area contributed by atoms with Crippen LogP contribution in [-0.2, 0) is 0 Å². The minimum atomic E-state index is -0.475. The number of carbonyl (C=O) groups is 1. The van der Waals surface area contributed by atoms with Crippen molar-refractivity contribution in [3.05, 3.63) is 52.8 Å². The first-order valence-corrected chi connectivity index (χ1v) is 10.8. The zero-order chi connectivity index (χ0) is 24.4. The molecule has 3 aromatic rings. The highest BCUT2D eigenvalue weighted by molar-refractivity contribution is 5.93. The number of piperazine rings is 1. The normalized spacial score (nSPS) is 18.0. The molecule has 1 aliphatic rings. The summed E-state index contributed by atoms with van der Waals surface area (Å²) in [4.78, 5) is 36.2. The molecule has 1 aromatic heterocycles. The van der Waals surface area contributed by atoms with Gasteiger partial charge in [0.1, 0.15) is 12.1 Å². The van der Waals surface area contributed by atoms with Crippen molar-refractivity contribution >= 4 is 34.1 Å². The molecule has 2 heterocycles. The number of non-ortho nitro benzene ring substituents is 1. The third-order valence-electron chi connectivity index (χ3n) is 5.97. The Bertz CT molecular complexity index is 1220. The molecule has 0 spiro atoms. The van der Waals surface area contributed by atoms with Crippen LogP contribution in [-0.4, -0.2) is 65.2 Å². The van der Waals surface area contributed by atoms with Gasteiger partial charge in [0.15, 0.2) is 11.5 Å². The van der Waals surface area contributed by atoms with Crippen LogP contribution in [0, 0.1) is 10.1 Å². The second-order valence-electron chi connectivity index (χ2n) is 8.16. The second-order valence-corrected chi connectivity index (χ2v) is 8.16. The molecule has 1 saturated heterocycles. The maximum Gasteiger partial charge on any atom is 0.322 e. The first-order valence-electron chi connectivity index (χ1n) is 10.8. The molecule has 11 nitrogen and oxygen atoms in total. The number of ether oxygens (including phenoxy) is 2. The molecule has 11 heteroatoms. The smallest absolute Gasteiger partial charge is 0.322 e. The fourth-order valence-electron chi connectivity index (χ4n) is 4.16. The van der Waals surface area contributed by atoms with Gasteiger partial charge in [-0.3, -0.25) is 10.1 Å². The third kappa shape index (κ3) is 4.36. The number of rotatable bonds is 5. The molecule has 1 aliphatic heterocycles. The molecule has 0 radical (unpaired) electrons. The van der Waals surface area contributed by atoms with Crippen LogP contribution in [0.25, 0.3) is 10.9 Å². The average Bonchev–Trinajstić information content (AvgIpc) is 2.84. The van der Waals surface area contributed by atoms with E-state index in [1.165, 1.54) is 30.6 Å².